The van der Waals surface area contributed by atoms with Crippen LogP contribution in [0, 0.1) is 12.8 Å². The summed E-state index contributed by atoms with van der Waals surface area (Å²) in [5.41, 5.74) is 3.75. The van der Waals surface area contributed by atoms with Gasteiger partial charge in [-0.3, -0.25) is 0 Å². The zero-order valence-electron chi connectivity index (χ0n) is 12.5. The van der Waals surface area contributed by atoms with Crippen molar-refractivity contribution in [1.29, 1.82) is 0 Å². The molecule has 0 aliphatic heterocycles. The SMILES string of the molecule is COc1ccc(Br)c(CC(CO)Cc2ccccc2C)c1. The van der Waals surface area contributed by atoms with Gasteiger partial charge in [0.15, 0.2) is 0 Å². The second-order valence-electron chi connectivity index (χ2n) is 5.34. The van der Waals surface area contributed by atoms with Gasteiger partial charge in [0, 0.05) is 11.1 Å². The van der Waals surface area contributed by atoms with Crippen LogP contribution in [-0.4, -0.2) is 18.8 Å². The smallest absolute Gasteiger partial charge is 0.119 e. The third-order valence-electron chi connectivity index (χ3n) is 3.79. The van der Waals surface area contributed by atoms with Gasteiger partial charge in [-0.25, -0.2) is 0 Å². The van der Waals surface area contributed by atoms with E-state index in [1.807, 2.05) is 24.3 Å². The Balaban J connectivity index is 2.14. The Labute approximate surface area is 134 Å². The van der Waals surface area contributed by atoms with Gasteiger partial charge >= 0.3 is 0 Å². The minimum atomic E-state index is 0.179. The highest BCUT2D eigenvalue weighted by Crippen LogP contribution is 2.26. The van der Waals surface area contributed by atoms with Crippen LogP contribution in [0.3, 0.4) is 0 Å². The molecule has 0 radical (unpaired) electrons. The third-order valence-corrected chi connectivity index (χ3v) is 4.56. The molecule has 1 N–H and O–H groups in total. The summed E-state index contributed by atoms with van der Waals surface area (Å²) in [6, 6.07) is 14.3. The fourth-order valence-electron chi connectivity index (χ4n) is 2.50. The molecule has 0 saturated carbocycles. The van der Waals surface area contributed by atoms with E-state index in [4.69, 9.17) is 4.74 Å². The first kappa shape index (κ1) is 16.1. The standard InChI is InChI=1S/C18H21BrO2/c1-13-5-3-4-6-15(13)9-14(12-20)10-16-11-17(21-2)7-8-18(16)19/h3-8,11,14,20H,9-10,12H2,1-2H3. The summed E-state index contributed by atoms with van der Waals surface area (Å²) in [4.78, 5) is 0. The van der Waals surface area contributed by atoms with Crippen LogP contribution in [0.25, 0.3) is 0 Å². The number of aryl methyl sites for hydroxylation is 1. The first-order chi connectivity index (χ1) is 10.1. The first-order valence-corrected chi connectivity index (χ1v) is 7.91. The summed E-state index contributed by atoms with van der Waals surface area (Å²) >= 11 is 3.58. The summed E-state index contributed by atoms with van der Waals surface area (Å²) in [5, 5.41) is 9.71. The molecule has 0 amide bonds. The van der Waals surface area contributed by atoms with Gasteiger partial charge in [0.2, 0.25) is 0 Å². The molecule has 1 atom stereocenters. The average Bonchev–Trinajstić information content (AvgIpc) is 2.50. The zero-order valence-corrected chi connectivity index (χ0v) is 14.1. The molecule has 3 heteroatoms. The number of hydrogen-bond donors (Lipinski definition) is 1. The predicted octanol–water partition coefficient (Wildman–Crippen LogP) is 4.16. The second kappa shape index (κ2) is 7.62. The molecule has 0 bridgehead atoms. The van der Waals surface area contributed by atoms with Gasteiger partial charge in [-0.05, 0) is 60.6 Å². The lowest BCUT2D eigenvalue weighted by atomic mass is 9.91. The Bertz CT molecular complexity index is 596. The maximum atomic E-state index is 9.71. The van der Waals surface area contributed by atoms with Crippen molar-refractivity contribution in [2.24, 2.45) is 5.92 Å². The monoisotopic (exact) mass is 348 g/mol. The molecule has 0 aromatic heterocycles. The van der Waals surface area contributed by atoms with Crippen molar-refractivity contribution in [3.05, 3.63) is 63.6 Å². The van der Waals surface area contributed by atoms with Gasteiger partial charge in [0.05, 0.1) is 7.11 Å². The fourth-order valence-corrected chi connectivity index (χ4v) is 2.91. The molecule has 2 aromatic rings. The van der Waals surface area contributed by atoms with Gasteiger partial charge < -0.3 is 9.84 Å². The second-order valence-corrected chi connectivity index (χ2v) is 6.20. The van der Waals surface area contributed by atoms with Gasteiger partial charge in [-0.2, -0.15) is 0 Å². The summed E-state index contributed by atoms with van der Waals surface area (Å²) in [7, 11) is 1.67. The molecule has 0 aliphatic carbocycles. The van der Waals surface area contributed by atoms with Crippen LogP contribution in [0.2, 0.25) is 0 Å². The number of benzene rings is 2. The number of methoxy groups -OCH3 is 1. The highest BCUT2D eigenvalue weighted by molar-refractivity contribution is 9.10. The Morgan fingerprint density at radius 1 is 1.10 bits per heavy atom. The minimum Gasteiger partial charge on any atom is -0.497 e. The molecule has 0 fully saturated rings. The van der Waals surface area contributed by atoms with Crippen LogP contribution in [-0.2, 0) is 12.8 Å². The first-order valence-electron chi connectivity index (χ1n) is 7.11. The zero-order chi connectivity index (χ0) is 15.2. The van der Waals surface area contributed by atoms with Crippen LogP contribution in [0.15, 0.2) is 46.9 Å². The molecular formula is C18H21BrO2. The Morgan fingerprint density at radius 2 is 1.81 bits per heavy atom. The largest absolute Gasteiger partial charge is 0.497 e. The van der Waals surface area contributed by atoms with E-state index in [0.29, 0.717) is 0 Å². The molecule has 112 valence electrons. The van der Waals surface area contributed by atoms with E-state index in [0.717, 1.165) is 23.1 Å². The van der Waals surface area contributed by atoms with Gasteiger partial charge in [-0.1, -0.05) is 40.2 Å². The Hall–Kier alpha value is -1.32. The topological polar surface area (TPSA) is 29.5 Å². The normalized spacial score (nSPS) is 12.2. The van der Waals surface area contributed by atoms with Crippen molar-refractivity contribution in [3.63, 3.8) is 0 Å². The molecular weight excluding hydrogens is 328 g/mol. The summed E-state index contributed by atoms with van der Waals surface area (Å²) in [5.74, 6) is 1.05. The Morgan fingerprint density at radius 3 is 2.48 bits per heavy atom. The maximum Gasteiger partial charge on any atom is 0.119 e. The molecule has 1 unspecified atom stereocenters. The van der Waals surface area contributed by atoms with Crippen molar-refractivity contribution in [1.82, 2.24) is 0 Å². The van der Waals surface area contributed by atoms with E-state index in [9.17, 15) is 5.11 Å². The van der Waals surface area contributed by atoms with Crippen molar-refractivity contribution < 1.29 is 9.84 Å². The van der Waals surface area contributed by atoms with Crippen LogP contribution in [0.5, 0.6) is 5.75 Å². The molecule has 21 heavy (non-hydrogen) atoms. The quantitative estimate of drug-likeness (QED) is 0.849. The van der Waals surface area contributed by atoms with Crippen LogP contribution in [0.4, 0.5) is 0 Å². The number of halogens is 1. The number of ether oxygens (including phenoxy) is 1. The lowest BCUT2D eigenvalue weighted by molar-refractivity contribution is 0.224. The molecule has 0 heterocycles. The van der Waals surface area contributed by atoms with E-state index in [1.165, 1.54) is 16.7 Å². The minimum absolute atomic E-state index is 0.179. The molecule has 2 rings (SSSR count). The van der Waals surface area contributed by atoms with E-state index < -0.39 is 0 Å². The summed E-state index contributed by atoms with van der Waals surface area (Å²) in [6.45, 7) is 2.29. The number of rotatable bonds is 6. The lowest BCUT2D eigenvalue weighted by Gasteiger charge is -2.17. The highest BCUT2D eigenvalue weighted by atomic mass is 79.9. The third kappa shape index (κ3) is 4.32. The van der Waals surface area contributed by atoms with E-state index in [-0.39, 0.29) is 12.5 Å². The molecule has 2 aromatic carbocycles. The van der Waals surface area contributed by atoms with Crippen molar-refractivity contribution in [2.45, 2.75) is 19.8 Å². The number of aliphatic hydroxyl groups excluding tert-OH is 1. The van der Waals surface area contributed by atoms with E-state index in [2.05, 4.69) is 41.1 Å². The van der Waals surface area contributed by atoms with Crippen molar-refractivity contribution in [2.75, 3.05) is 13.7 Å². The average molecular weight is 349 g/mol. The Kier molecular flexibility index (Phi) is 5.83. The van der Waals surface area contributed by atoms with Gasteiger partial charge in [-0.15, -0.1) is 0 Å². The highest BCUT2D eigenvalue weighted by Gasteiger charge is 2.13. The molecule has 0 saturated heterocycles. The molecule has 0 spiro atoms. The maximum absolute atomic E-state index is 9.71. The van der Waals surface area contributed by atoms with Gasteiger partial charge in [0.1, 0.15) is 5.75 Å². The molecule has 0 aliphatic rings. The lowest BCUT2D eigenvalue weighted by Crippen LogP contribution is -2.14. The molecule has 2 nitrogen and oxygen atoms in total. The van der Waals surface area contributed by atoms with E-state index >= 15 is 0 Å². The summed E-state index contributed by atoms with van der Waals surface area (Å²) < 4.78 is 6.34. The summed E-state index contributed by atoms with van der Waals surface area (Å²) in [6.07, 6.45) is 1.70. The van der Waals surface area contributed by atoms with Crippen LogP contribution < -0.4 is 4.74 Å². The fraction of sp³-hybridized carbons (Fsp3) is 0.333. The van der Waals surface area contributed by atoms with Crippen molar-refractivity contribution in [3.8, 4) is 5.75 Å². The van der Waals surface area contributed by atoms with Gasteiger partial charge in [0.25, 0.3) is 0 Å². The number of aliphatic hydroxyl groups is 1. The predicted molar refractivity (Wildman–Crippen MR) is 89.9 cm³/mol. The van der Waals surface area contributed by atoms with Crippen LogP contribution in [0.1, 0.15) is 16.7 Å². The van der Waals surface area contributed by atoms with Crippen LogP contribution >= 0.6 is 15.9 Å². The van der Waals surface area contributed by atoms with Crippen molar-refractivity contribution >= 4 is 15.9 Å². The number of hydrogen-bond acceptors (Lipinski definition) is 2. The van der Waals surface area contributed by atoms with E-state index in [1.54, 1.807) is 7.11 Å².